The molecule has 1 N–H and O–H groups in total. The van der Waals surface area contributed by atoms with Crippen LogP contribution in [0.3, 0.4) is 0 Å². The van der Waals surface area contributed by atoms with E-state index in [0.29, 0.717) is 5.69 Å². The first-order valence-corrected chi connectivity index (χ1v) is 5.08. The number of amides is 1. The highest BCUT2D eigenvalue weighted by molar-refractivity contribution is 5.83. The summed E-state index contributed by atoms with van der Waals surface area (Å²) in [6.45, 7) is 5.30. The SMILES string of the molecule is CC(C)(C)OC(=O)Nc1cncc(CC#N)n1. The first-order valence-electron chi connectivity index (χ1n) is 5.08. The second-order valence-corrected chi connectivity index (χ2v) is 4.36. The fourth-order valence-electron chi connectivity index (χ4n) is 1.04. The van der Waals surface area contributed by atoms with E-state index >= 15 is 0 Å². The Bertz CT molecular complexity index is 446. The number of hydrogen-bond acceptors (Lipinski definition) is 5. The number of rotatable bonds is 2. The normalized spacial score (nSPS) is 10.5. The number of hydrogen-bond donors (Lipinski definition) is 1. The second-order valence-electron chi connectivity index (χ2n) is 4.36. The predicted molar refractivity (Wildman–Crippen MR) is 61.2 cm³/mol. The molecule has 1 rings (SSSR count). The number of ether oxygens (including phenoxy) is 1. The first kappa shape index (κ1) is 12.9. The predicted octanol–water partition coefficient (Wildman–Crippen LogP) is 1.89. The summed E-state index contributed by atoms with van der Waals surface area (Å²) >= 11 is 0. The lowest BCUT2D eigenvalue weighted by Gasteiger charge is -2.19. The van der Waals surface area contributed by atoms with Gasteiger partial charge >= 0.3 is 6.09 Å². The van der Waals surface area contributed by atoms with Gasteiger partial charge in [0.05, 0.1) is 24.4 Å². The van der Waals surface area contributed by atoms with Crippen molar-refractivity contribution in [3.63, 3.8) is 0 Å². The van der Waals surface area contributed by atoms with Gasteiger partial charge in [-0.2, -0.15) is 5.26 Å². The van der Waals surface area contributed by atoms with E-state index in [2.05, 4.69) is 15.3 Å². The summed E-state index contributed by atoms with van der Waals surface area (Å²) in [5, 5.41) is 11.0. The van der Waals surface area contributed by atoms with Gasteiger partial charge in [0.2, 0.25) is 0 Å². The van der Waals surface area contributed by atoms with E-state index in [-0.39, 0.29) is 12.2 Å². The molecule has 0 aliphatic rings. The average Bonchev–Trinajstić information content (AvgIpc) is 2.15. The third kappa shape index (κ3) is 4.93. The number of nitrogens with one attached hydrogen (secondary N) is 1. The molecular weight excluding hydrogens is 220 g/mol. The lowest BCUT2D eigenvalue weighted by atomic mass is 10.2. The van der Waals surface area contributed by atoms with Gasteiger partial charge in [-0.05, 0) is 20.8 Å². The lowest BCUT2D eigenvalue weighted by Crippen LogP contribution is -2.27. The largest absolute Gasteiger partial charge is 0.444 e. The maximum absolute atomic E-state index is 11.4. The van der Waals surface area contributed by atoms with Gasteiger partial charge in [0.1, 0.15) is 5.60 Å². The molecule has 0 fully saturated rings. The Morgan fingerprint density at radius 3 is 2.82 bits per heavy atom. The molecule has 0 unspecified atom stereocenters. The summed E-state index contributed by atoms with van der Waals surface area (Å²) in [6.07, 6.45) is 2.42. The number of aromatic nitrogens is 2. The van der Waals surface area contributed by atoms with Crippen LogP contribution in [-0.4, -0.2) is 21.7 Å². The van der Waals surface area contributed by atoms with Crippen molar-refractivity contribution >= 4 is 11.9 Å². The van der Waals surface area contributed by atoms with Crippen LogP contribution in [0, 0.1) is 11.3 Å². The highest BCUT2D eigenvalue weighted by Crippen LogP contribution is 2.09. The van der Waals surface area contributed by atoms with Crippen molar-refractivity contribution in [3.8, 4) is 6.07 Å². The molecule has 0 radical (unpaired) electrons. The van der Waals surface area contributed by atoms with Crippen molar-refractivity contribution in [2.24, 2.45) is 0 Å². The third-order valence-electron chi connectivity index (χ3n) is 1.57. The zero-order valence-electron chi connectivity index (χ0n) is 10.0. The molecule has 0 bridgehead atoms. The molecule has 1 heterocycles. The van der Waals surface area contributed by atoms with E-state index < -0.39 is 11.7 Å². The Morgan fingerprint density at radius 1 is 1.53 bits per heavy atom. The van der Waals surface area contributed by atoms with Crippen LogP contribution in [0.15, 0.2) is 12.4 Å². The standard InChI is InChI=1S/C11H14N4O2/c1-11(2,3)17-10(16)15-9-7-13-6-8(14-9)4-5-12/h6-7H,4H2,1-3H3,(H,14,15,16). The molecule has 17 heavy (non-hydrogen) atoms. The molecule has 0 saturated heterocycles. The van der Waals surface area contributed by atoms with Crippen molar-refractivity contribution in [1.82, 2.24) is 9.97 Å². The van der Waals surface area contributed by atoms with Gasteiger partial charge in [-0.3, -0.25) is 10.3 Å². The smallest absolute Gasteiger partial charge is 0.413 e. The average molecular weight is 234 g/mol. The van der Waals surface area contributed by atoms with Gasteiger partial charge in [-0.1, -0.05) is 0 Å². The molecule has 0 saturated carbocycles. The molecule has 6 nitrogen and oxygen atoms in total. The number of carbonyl (C=O) groups excluding carboxylic acids is 1. The highest BCUT2D eigenvalue weighted by atomic mass is 16.6. The Hall–Kier alpha value is -2.16. The van der Waals surface area contributed by atoms with Crippen molar-refractivity contribution < 1.29 is 9.53 Å². The molecule has 6 heteroatoms. The molecular formula is C11H14N4O2. The van der Waals surface area contributed by atoms with E-state index in [1.165, 1.54) is 12.4 Å². The van der Waals surface area contributed by atoms with E-state index in [4.69, 9.17) is 10.00 Å². The molecule has 90 valence electrons. The summed E-state index contributed by atoms with van der Waals surface area (Å²) in [7, 11) is 0. The maximum atomic E-state index is 11.4. The van der Waals surface area contributed by atoms with Crippen LogP contribution in [0.2, 0.25) is 0 Å². The fraction of sp³-hybridized carbons (Fsp3) is 0.455. The van der Waals surface area contributed by atoms with Crippen LogP contribution in [0.25, 0.3) is 0 Å². The van der Waals surface area contributed by atoms with Crippen LogP contribution in [0.5, 0.6) is 0 Å². The number of nitriles is 1. The van der Waals surface area contributed by atoms with Crippen LogP contribution in [0.4, 0.5) is 10.6 Å². The van der Waals surface area contributed by atoms with Crippen LogP contribution in [-0.2, 0) is 11.2 Å². The molecule has 0 aliphatic carbocycles. The van der Waals surface area contributed by atoms with Crippen LogP contribution >= 0.6 is 0 Å². The zero-order chi connectivity index (χ0) is 12.9. The van der Waals surface area contributed by atoms with E-state index in [1.54, 1.807) is 20.8 Å². The van der Waals surface area contributed by atoms with Gasteiger partial charge in [0.15, 0.2) is 5.82 Å². The first-order chi connectivity index (χ1) is 7.90. The van der Waals surface area contributed by atoms with Crippen LogP contribution in [0.1, 0.15) is 26.5 Å². The van der Waals surface area contributed by atoms with Crippen molar-refractivity contribution in [3.05, 3.63) is 18.1 Å². The number of anilines is 1. The Balaban J connectivity index is 2.66. The molecule has 1 aromatic heterocycles. The van der Waals surface area contributed by atoms with Crippen molar-refractivity contribution in [2.45, 2.75) is 32.8 Å². The minimum atomic E-state index is -0.596. The topological polar surface area (TPSA) is 87.9 Å². The molecule has 0 aliphatic heterocycles. The second kappa shape index (κ2) is 5.25. The van der Waals surface area contributed by atoms with Crippen LogP contribution < -0.4 is 5.32 Å². The Labute approximate surface area is 99.6 Å². The van der Waals surface area contributed by atoms with E-state index in [1.807, 2.05) is 6.07 Å². The fourth-order valence-corrected chi connectivity index (χ4v) is 1.04. The minimum Gasteiger partial charge on any atom is -0.444 e. The summed E-state index contributed by atoms with van der Waals surface area (Å²) in [5.74, 6) is 0.270. The number of carbonyl (C=O) groups is 1. The van der Waals surface area contributed by atoms with Gasteiger partial charge in [-0.15, -0.1) is 0 Å². The third-order valence-corrected chi connectivity index (χ3v) is 1.57. The van der Waals surface area contributed by atoms with Gasteiger partial charge in [-0.25, -0.2) is 9.78 Å². The lowest BCUT2D eigenvalue weighted by molar-refractivity contribution is 0.0635. The summed E-state index contributed by atoms with van der Waals surface area (Å²) < 4.78 is 5.06. The van der Waals surface area contributed by atoms with Crippen molar-refractivity contribution in [1.29, 1.82) is 5.26 Å². The van der Waals surface area contributed by atoms with Gasteiger partial charge in [0, 0.05) is 6.20 Å². The number of nitrogens with zero attached hydrogens (tertiary/aromatic N) is 3. The molecule has 0 aromatic carbocycles. The maximum Gasteiger partial charge on any atom is 0.413 e. The molecule has 1 aromatic rings. The van der Waals surface area contributed by atoms with E-state index in [0.717, 1.165) is 0 Å². The minimum absolute atomic E-state index is 0.150. The monoisotopic (exact) mass is 234 g/mol. The van der Waals surface area contributed by atoms with Crippen molar-refractivity contribution in [2.75, 3.05) is 5.32 Å². The molecule has 0 atom stereocenters. The van der Waals surface area contributed by atoms with E-state index in [9.17, 15) is 4.79 Å². The summed E-state index contributed by atoms with van der Waals surface area (Å²) in [4.78, 5) is 19.3. The highest BCUT2D eigenvalue weighted by Gasteiger charge is 2.16. The quantitative estimate of drug-likeness (QED) is 0.844. The zero-order valence-corrected chi connectivity index (χ0v) is 10.0. The summed E-state index contributed by atoms with van der Waals surface area (Å²) in [6, 6.07) is 1.96. The molecule has 1 amide bonds. The Morgan fingerprint density at radius 2 is 2.24 bits per heavy atom. The molecule has 0 spiro atoms. The van der Waals surface area contributed by atoms with Gasteiger partial charge < -0.3 is 4.74 Å². The van der Waals surface area contributed by atoms with Gasteiger partial charge in [0.25, 0.3) is 0 Å². The Kier molecular flexibility index (Phi) is 3.99. The summed E-state index contributed by atoms with van der Waals surface area (Å²) in [5.41, 5.74) is -0.0667.